The summed E-state index contributed by atoms with van der Waals surface area (Å²) in [5.41, 5.74) is 7.09. The van der Waals surface area contributed by atoms with Crippen molar-refractivity contribution in [1.82, 2.24) is 20.2 Å². The highest BCUT2D eigenvalue weighted by Gasteiger charge is 2.11. The maximum absolute atomic E-state index is 12.3. The summed E-state index contributed by atoms with van der Waals surface area (Å²) < 4.78 is 3.79. The highest BCUT2D eigenvalue weighted by atomic mass is 32.2. The normalized spacial score (nSPS) is 11.3. The van der Waals surface area contributed by atoms with Gasteiger partial charge in [-0.2, -0.15) is 10.2 Å². The molecule has 5 aromatic rings. The number of hydrazone groups is 1. The number of benzene rings is 3. The van der Waals surface area contributed by atoms with Gasteiger partial charge in [0.15, 0.2) is 4.34 Å². The Morgan fingerprint density at radius 1 is 1.00 bits per heavy atom. The second-order valence-corrected chi connectivity index (χ2v) is 9.36. The molecule has 0 bridgehead atoms. The number of hydrogen-bond acceptors (Lipinski definition) is 6. The van der Waals surface area contributed by atoms with Gasteiger partial charge in [-0.15, -0.1) is 11.3 Å². The minimum Gasteiger partial charge on any atom is -0.272 e. The van der Waals surface area contributed by atoms with E-state index >= 15 is 0 Å². The molecule has 0 spiro atoms. The highest BCUT2D eigenvalue weighted by Crippen LogP contribution is 2.29. The predicted molar refractivity (Wildman–Crippen MR) is 135 cm³/mol. The second kappa shape index (κ2) is 9.81. The van der Waals surface area contributed by atoms with E-state index in [1.165, 1.54) is 11.8 Å². The van der Waals surface area contributed by atoms with Crippen LogP contribution in [-0.4, -0.2) is 32.6 Å². The number of nitrogens with zero attached hydrogens (tertiary/aromatic N) is 4. The topological polar surface area (TPSA) is 72.2 Å². The molecule has 0 atom stereocenters. The van der Waals surface area contributed by atoms with Crippen LogP contribution < -0.4 is 5.43 Å². The van der Waals surface area contributed by atoms with Crippen LogP contribution in [0.4, 0.5) is 0 Å². The molecule has 33 heavy (non-hydrogen) atoms. The first-order chi connectivity index (χ1) is 16.3. The van der Waals surface area contributed by atoms with Gasteiger partial charge in [-0.3, -0.25) is 4.79 Å². The average molecular weight is 470 g/mol. The molecule has 3 aromatic carbocycles. The molecule has 162 valence electrons. The summed E-state index contributed by atoms with van der Waals surface area (Å²) in [7, 11) is 0. The van der Waals surface area contributed by atoms with E-state index in [0.717, 1.165) is 37.1 Å². The Kier molecular flexibility index (Phi) is 6.27. The lowest BCUT2D eigenvalue weighted by Gasteiger charge is -2.00. The molecular weight excluding hydrogens is 450 g/mol. The summed E-state index contributed by atoms with van der Waals surface area (Å²) in [5.74, 6) is 0.0543. The summed E-state index contributed by atoms with van der Waals surface area (Å²) in [6.45, 7) is 0. The molecule has 0 saturated heterocycles. The van der Waals surface area contributed by atoms with Crippen molar-refractivity contribution in [3.8, 4) is 16.9 Å². The van der Waals surface area contributed by atoms with Crippen LogP contribution in [-0.2, 0) is 4.79 Å². The van der Waals surface area contributed by atoms with E-state index in [1.807, 2.05) is 95.8 Å². The number of amides is 1. The van der Waals surface area contributed by atoms with Gasteiger partial charge in [0.2, 0.25) is 0 Å². The van der Waals surface area contributed by atoms with E-state index in [2.05, 4.69) is 15.5 Å². The van der Waals surface area contributed by atoms with Crippen molar-refractivity contribution in [3.05, 3.63) is 96.7 Å². The number of aromatic nitrogens is 3. The molecule has 0 aliphatic heterocycles. The van der Waals surface area contributed by atoms with Crippen molar-refractivity contribution < 1.29 is 4.79 Å². The maximum atomic E-state index is 12.3. The van der Waals surface area contributed by atoms with Crippen molar-refractivity contribution in [2.45, 2.75) is 4.34 Å². The average Bonchev–Trinajstić information content (AvgIpc) is 3.48. The molecule has 0 saturated carbocycles. The number of carbonyl (C=O) groups is 1. The molecule has 5 rings (SSSR count). The van der Waals surface area contributed by atoms with E-state index in [1.54, 1.807) is 17.6 Å². The van der Waals surface area contributed by atoms with E-state index in [0.29, 0.717) is 0 Å². The summed E-state index contributed by atoms with van der Waals surface area (Å²) in [4.78, 5) is 16.9. The SMILES string of the molecule is O=C(CSc1nc2ccccc2s1)N/N=C/c1cn(-c2ccccc2)nc1-c1ccccc1. The fourth-order valence-electron chi connectivity index (χ4n) is 3.26. The molecule has 0 radical (unpaired) electrons. The standard InChI is InChI=1S/C25H19N5OS2/c31-23(17-32-25-27-21-13-7-8-14-22(21)33-25)28-26-15-19-16-30(20-11-5-2-6-12-20)29-24(19)18-9-3-1-4-10-18/h1-16H,17H2,(H,28,31)/b26-15+. The minimum absolute atomic E-state index is 0.188. The first kappa shape index (κ1) is 21.1. The first-order valence-corrected chi connectivity index (χ1v) is 12.1. The number of nitrogens with one attached hydrogen (secondary N) is 1. The molecule has 1 N–H and O–H groups in total. The van der Waals surface area contributed by atoms with E-state index in [-0.39, 0.29) is 11.7 Å². The second-order valence-electron chi connectivity index (χ2n) is 7.11. The minimum atomic E-state index is -0.188. The number of rotatable bonds is 7. The summed E-state index contributed by atoms with van der Waals surface area (Å²) in [5, 5.41) is 8.93. The zero-order valence-corrected chi connectivity index (χ0v) is 19.1. The fraction of sp³-hybridized carbons (Fsp3) is 0.0400. The Bertz CT molecular complexity index is 1380. The van der Waals surface area contributed by atoms with Gasteiger partial charge in [-0.25, -0.2) is 15.1 Å². The Hall–Kier alpha value is -3.75. The number of carbonyl (C=O) groups excluding carboxylic acids is 1. The van der Waals surface area contributed by atoms with Crippen LogP contribution in [0.3, 0.4) is 0 Å². The van der Waals surface area contributed by atoms with Gasteiger partial charge < -0.3 is 0 Å². The largest absolute Gasteiger partial charge is 0.272 e. The maximum Gasteiger partial charge on any atom is 0.250 e. The number of fused-ring (bicyclic) bond motifs is 1. The third-order valence-corrected chi connectivity index (χ3v) is 6.98. The Labute approximate surface area is 199 Å². The molecule has 0 unspecified atom stereocenters. The van der Waals surface area contributed by atoms with Crippen molar-refractivity contribution >= 4 is 45.4 Å². The van der Waals surface area contributed by atoms with Crippen LogP contribution in [0.25, 0.3) is 27.2 Å². The van der Waals surface area contributed by atoms with Crippen molar-refractivity contribution in [1.29, 1.82) is 0 Å². The number of hydrogen-bond donors (Lipinski definition) is 1. The zero-order valence-electron chi connectivity index (χ0n) is 17.5. The summed E-state index contributed by atoms with van der Waals surface area (Å²) in [6, 6.07) is 27.7. The smallest absolute Gasteiger partial charge is 0.250 e. The molecule has 0 aliphatic rings. The lowest BCUT2D eigenvalue weighted by atomic mass is 10.1. The van der Waals surface area contributed by atoms with Gasteiger partial charge in [-0.1, -0.05) is 72.4 Å². The molecule has 0 aliphatic carbocycles. The van der Waals surface area contributed by atoms with Crippen LogP contribution in [0.1, 0.15) is 5.56 Å². The number of thioether (sulfide) groups is 1. The van der Waals surface area contributed by atoms with E-state index < -0.39 is 0 Å². The van der Waals surface area contributed by atoms with Crippen LogP contribution >= 0.6 is 23.1 Å². The zero-order chi connectivity index (χ0) is 22.5. The quantitative estimate of drug-likeness (QED) is 0.197. The van der Waals surface area contributed by atoms with Crippen LogP contribution in [0.15, 0.2) is 101 Å². The van der Waals surface area contributed by atoms with Gasteiger partial charge in [0.25, 0.3) is 5.91 Å². The lowest BCUT2D eigenvalue weighted by molar-refractivity contribution is -0.118. The van der Waals surface area contributed by atoms with E-state index in [9.17, 15) is 4.79 Å². The Balaban J connectivity index is 1.29. The third kappa shape index (κ3) is 5.02. The van der Waals surface area contributed by atoms with Gasteiger partial charge in [0.05, 0.1) is 27.9 Å². The Morgan fingerprint density at radius 3 is 2.52 bits per heavy atom. The van der Waals surface area contributed by atoms with Crippen LogP contribution in [0.5, 0.6) is 0 Å². The molecule has 6 nitrogen and oxygen atoms in total. The first-order valence-electron chi connectivity index (χ1n) is 10.3. The highest BCUT2D eigenvalue weighted by molar-refractivity contribution is 8.01. The van der Waals surface area contributed by atoms with Crippen molar-refractivity contribution in [3.63, 3.8) is 0 Å². The van der Waals surface area contributed by atoms with E-state index in [4.69, 9.17) is 5.10 Å². The molecule has 8 heteroatoms. The van der Waals surface area contributed by atoms with Gasteiger partial charge in [-0.05, 0) is 24.3 Å². The molecule has 1 amide bonds. The molecule has 2 heterocycles. The molecule has 2 aromatic heterocycles. The van der Waals surface area contributed by atoms with Crippen LogP contribution in [0, 0.1) is 0 Å². The lowest BCUT2D eigenvalue weighted by Crippen LogP contribution is -2.19. The van der Waals surface area contributed by atoms with Gasteiger partial charge in [0.1, 0.15) is 5.69 Å². The number of thiazole rings is 1. The molecular formula is C25H19N5OS2. The van der Waals surface area contributed by atoms with Gasteiger partial charge in [0, 0.05) is 17.3 Å². The number of para-hydroxylation sites is 2. The van der Waals surface area contributed by atoms with Crippen molar-refractivity contribution in [2.75, 3.05) is 5.75 Å². The summed E-state index contributed by atoms with van der Waals surface area (Å²) in [6.07, 6.45) is 3.54. The summed E-state index contributed by atoms with van der Waals surface area (Å²) >= 11 is 2.99. The predicted octanol–water partition coefficient (Wildman–Crippen LogP) is 5.39. The van der Waals surface area contributed by atoms with Crippen LogP contribution in [0.2, 0.25) is 0 Å². The monoisotopic (exact) mass is 469 g/mol. The molecule has 0 fully saturated rings. The third-order valence-electron chi connectivity index (χ3n) is 4.80. The fourth-order valence-corrected chi connectivity index (χ4v) is 5.12. The van der Waals surface area contributed by atoms with Gasteiger partial charge >= 0.3 is 0 Å². The Morgan fingerprint density at radius 2 is 1.73 bits per heavy atom. The van der Waals surface area contributed by atoms with Crippen molar-refractivity contribution in [2.24, 2.45) is 5.10 Å².